The van der Waals surface area contributed by atoms with Gasteiger partial charge in [-0.2, -0.15) is 10.5 Å². The topological polar surface area (TPSA) is 108 Å². The van der Waals surface area contributed by atoms with Crippen molar-refractivity contribution in [3.8, 4) is 17.9 Å². The smallest absolute Gasteiger partial charge is 0.412 e. The number of carbonyl (C=O) groups excluding carboxylic acids is 1. The van der Waals surface area contributed by atoms with Gasteiger partial charge in [-0.05, 0) is 42.3 Å². The second kappa shape index (κ2) is 8.56. The van der Waals surface area contributed by atoms with Gasteiger partial charge in [0.15, 0.2) is 0 Å². The Morgan fingerprint density at radius 3 is 2.26 bits per heavy atom. The Balaban J connectivity index is 1.63. The Morgan fingerprint density at radius 2 is 1.65 bits per heavy atom. The summed E-state index contributed by atoms with van der Waals surface area (Å²) >= 11 is 0. The lowest BCUT2D eigenvalue weighted by molar-refractivity contribution is 0.103. The van der Waals surface area contributed by atoms with Crippen molar-refractivity contribution in [2.24, 2.45) is 0 Å². The van der Waals surface area contributed by atoms with Crippen molar-refractivity contribution in [2.45, 2.75) is 26.1 Å². The van der Waals surface area contributed by atoms with Crippen LogP contribution >= 0.6 is 0 Å². The first-order valence-corrected chi connectivity index (χ1v) is 9.65. The zero-order chi connectivity index (χ0) is 21.8. The minimum atomic E-state index is -0.561. The fourth-order valence-electron chi connectivity index (χ4n) is 3.44. The molecule has 1 aliphatic rings. The normalized spacial score (nSPS) is 14.4. The average Bonchev–Trinajstić information content (AvgIpc) is 2.79. The lowest BCUT2D eigenvalue weighted by Gasteiger charge is -2.28. The number of hydrogen-bond donors (Lipinski definition) is 1. The van der Waals surface area contributed by atoms with Crippen molar-refractivity contribution in [1.29, 1.82) is 10.5 Å². The van der Waals surface area contributed by atoms with E-state index in [9.17, 15) is 4.79 Å². The fraction of sp³-hybridized carbons (Fsp3) is 0.167. The Hall–Kier alpha value is -4.36. The van der Waals surface area contributed by atoms with Crippen molar-refractivity contribution in [2.75, 3.05) is 5.32 Å². The number of anilines is 1. The number of fused-ring (bicyclic) bond motifs is 1. The van der Waals surface area contributed by atoms with Gasteiger partial charge < -0.3 is 9.47 Å². The van der Waals surface area contributed by atoms with Gasteiger partial charge in [0.05, 0.1) is 46.4 Å². The molecule has 0 saturated heterocycles. The van der Waals surface area contributed by atoms with E-state index in [1.54, 1.807) is 30.5 Å². The molecule has 0 spiro atoms. The zero-order valence-corrected chi connectivity index (χ0v) is 16.8. The third kappa shape index (κ3) is 4.31. The number of ether oxygens (including phenoxy) is 2. The van der Waals surface area contributed by atoms with Crippen LogP contribution in [0.25, 0.3) is 0 Å². The Bertz CT molecular complexity index is 1210. The monoisotopic (exact) mass is 410 g/mol. The molecule has 0 aliphatic carbocycles. The van der Waals surface area contributed by atoms with E-state index in [0.29, 0.717) is 34.7 Å². The molecule has 3 aromatic rings. The summed E-state index contributed by atoms with van der Waals surface area (Å²) in [6, 6.07) is 18.5. The number of aryl methyl sites for hydroxylation is 1. The molecule has 0 bridgehead atoms. The molecule has 1 aliphatic heterocycles. The van der Waals surface area contributed by atoms with E-state index in [4.69, 9.17) is 20.0 Å². The van der Waals surface area contributed by atoms with Crippen LogP contribution < -0.4 is 10.1 Å². The van der Waals surface area contributed by atoms with E-state index in [-0.39, 0.29) is 6.61 Å². The lowest BCUT2D eigenvalue weighted by atomic mass is 9.97. The van der Waals surface area contributed by atoms with Crippen molar-refractivity contribution >= 4 is 11.8 Å². The number of benzene rings is 2. The maximum Gasteiger partial charge on any atom is 0.412 e. The predicted molar refractivity (Wildman–Crippen MR) is 112 cm³/mol. The number of carbonyl (C=O) groups is 1. The number of rotatable bonds is 5. The summed E-state index contributed by atoms with van der Waals surface area (Å²) in [5.41, 5.74) is 4.94. The minimum Gasteiger partial charge on any atom is -0.486 e. The van der Waals surface area contributed by atoms with Crippen molar-refractivity contribution in [1.82, 2.24) is 4.98 Å². The zero-order valence-electron chi connectivity index (χ0n) is 16.8. The summed E-state index contributed by atoms with van der Waals surface area (Å²) in [5.74, 6) is 0.556. The molecule has 1 amide bonds. The molecule has 1 N–H and O–H groups in total. The second-order valence-corrected chi connectivity index (χ2v) is 7.13. The highest BCUT2D eigenvalue weighted by Gasteiger charge is 2.31. The molecule has 1 unspecified atom stereocenters. The van der Waals surface area contributed by atoms with Crippen LogP contribution in [0.1, 0.15) is 39.6 Å². The number of aromatic nitrogens is 1. The molecule has 2 heterocycles. The van der Waals surface area contributed by atoms with Crippen LogP contribution in [0.5, 0.6) is 5.75 Å². The number of pyridine rings is 1. The first-order valence-electron chi connectivity index (χ1n) is 9.65. The van der Waals surface area contributed by atoms with Gasteiger partial charge in [-0.1, -0.05) is 24.3 Å². The minimum absolute atomic E-state index is 0.280. The van der Waals surface area contributed by atoms with E-state index in [2.05, 4.69) is 22.4 Å². The highest BCUT2D eigenvalue weighted by molar-refractivity contribution is 5.89. The molecule has 152 valence electrons. The summed E-state index contributed by atoms with van der Waals surface area (Å²) in [7, 11) is 0. The number of nitriles is 2. The molecule has 7 nitrogen and oxygen atoms in total. The standard InChI is InChI=1S/C24H18N4O3/c1-15-23(30-14-19-8-6-18(12-26)7-9-19)22-20(13-27-15)28-24(29)31-21(22)10-16-2-4-17(11-25)5-3-16/h2-9,13,21H,10,14H2,1H3,(H,28,29). The summed E-state index contributed by atoms with van der Waals surface area (Å²) < 4.78 is 11.7. The third-order valence-electron chi connectivity index (χ3n) is 5.03. The maximum absolute atomic E-state index is 12.1. The summed E-state index contributed by atoms with van der Waals surface area (Å²) in [6.45, 7) is 2.12. The maximum atomic E-state index is 12.1. The second-order valence-electron chi connectivity index (χ2n) is 7.13. The Labute approximate surface area is 179 Å². The van der Waals surface area contributed by atoms with Gasteiger partial charge in [-0.25, -0.2) is 4.79 Å². The fourth-order valence-corrected chi connectivity index (χ4v) is 3.44. The molecule has 31 heavy (non-hydrogen) atoms. The van der Waals surface area contributed by atoms with Crippen LogP contribution in [0, 0.1) is 29.6 Å². The largest absolute Gasteiger partial charge is 0.486 e. The van der Waals surface area contributed by atoms with Crippen molar-refractivity contribution < 1.29 is 14.3 Å². The molecule has 0 radical (unpaired) electrons. The van der Waals surface area contributed by atoms with Crippen LogP contribution in [0.3, 0.4) is 0 Å². The number of nitrogens with zero attached hydrogens (tertiary/aromatic N) is 3. The molecule has 0 saturated carbocycles. The van der Waals surface area contributed by atoms with E-state index in [1.807, 2.05) is 31.2 Å². The average molecular weight is 410 g/mol. The summed E-state index contributed by atoms with van der Waals surface area (Å²) in [5, 5.41) is 20.6. The highest BCUT2D eigenvalue weighted by atomic mass is 16.6. The van der Waals surface area contributed by atoms with Crippen LogP contribution in [-0.4, -0.2) is 11.1 Å². The van der Waals surface area contributed by atoms with Crippen molar-refractivity contribution in [3.05, 3.63) is 88.2 Å². The van der Waals surface area contributed by atoms with Gasteiger partial charge in [0, 0.05) is 6.42 Å². The quantitative estimate of drug-likeness (QED) is 0.661. The number of amides is 1. The van der Waals surface area contributed by atoms with Gasteiger partial charge in [-0.3, -0.25) is 10.3 Å². The Morgan fingerprint density at radius 1 is 1.03 bits per heavy atom. The molecule has 7 heteroatoms. The van der Waals surface area contributed by atoms with E-state index in [0.717, 1.165) is 16.7 Å². The molecular formula is C24H18N4O3. The molecular weight excluding hydrogens is 392 g/mol. The van der Waals surface area contributed by atoms with Crippen LogP contribution in [0.4, 0.5) is 10.5 Å². The van der Waals surface area contributed by atoms with Gasteiger partial charge >= 0.3 is 6.09 Å². The number of nitrogens with one attached hydrogen (secondary N) is 1. The van der Waals surface area contributed by atoms with Crippen molar-refractivity contribution in [3.63, 3.8) is 0 Å². The van der Waals surface area contributed by atoms with E-state index in [1.165, 1.54) is 0 Å². The van der Waals surface area contributed by atoms with Crippen LogP contribution in [0.2, 0.25) is 0 Å². The lowest BCUT2D eigenvalue weighted by Crippen LogP contribution is -2.27. The van der Waals surface area contributed by atoms with Gasteiger partial charge in [-0.15, -0.1) is 0 Å². The molecule has 2 aromatic carbocycles. The van der Waals surface area contributed by atoms with Crippen LogP contribution in [-0.2, 0) is 17.8 Å². The summed E-state index contributed by atoms with van der Waals surface area (Å²) in [6.07, 6.45) is 0.929. The molecule has 4 rings (SSSR count). The van der Waals surface area contributed by atoms with Gasteiger partial charge in [0.2, 0.25) is 0 Å². The number of hydrogen-bond acceptors (Lipinski definition) is 6. The summed E-state index contributed by atoms with van der Waals surface area (Å²) in [4.78, 5) is 16.4. The molecule has 0 fully saturated rings. The first-order chi connectivity index (χ1) is 15.1. The van der Waals surface area contributed by atoms with E-state index >= 15 is 0 Å². The van der Waals surface area contributed by atoms with Gasteiger partial charge in [0.1, 0.15) is 18.5 Å². The van der Waals surface area contributed by atoms with Crippen LogP contribution in [0.15, 0.2) is 54.7 Å². The van der Waals surface area contributed by atoms with E-state index < -0.39 is 12.2 Å². The predicted octanol–water partition coefficient (Wildman–Crippen LogP) is 4.56. The highest BCUT2D eigenvalue weighted by Crippen LogP contribution is 2.41. The molecule has 1 aromatic heterocycles. The third-order valence-corrected chi connectivity index (χ3v) is 5.03. The molecule has 1 atom stereocenters. The van der Waals surface area contributed by atoms with Gasteiger partial charge in [0.25, 0.3) is 0 Å². The first kappa shape index (κ1) is 19.9. The SMILES string of the molecule is Cc1ncc2c(c1OCc1ccc(C#N)cc1)C(Cc1ccc(C#N)cc1)OC(=O)N2. The Kier molecular flexibility index (Phi) is 5.51. The number of cyclic esters (lactones) is 1.